The number of allylic oxidation sites excluding steroid dienone is 1. The second-order valence-corrected chi connectivity index (χ2v) is 17.1. The van der Waals surface area contributed by atoms with Gasteiger partial charge in [-0.1, -0.05) is 37.3 Å². The molecule has 5 rings (SSSR count). The highest BCUT2D eigenvalue weighted by Gasteiger charge is 2.62. The summed E-state index contributed by atoms with van der Waals surface area (Å²) in [4.78, 5) is 70.7. The van der Waals surface area contributed by atoms with Gasteiger partial charge in [0.2, 0.25) is 21.8 Å². The van der Waals surface area contributed by atoms with Crippen LogP contribution in [0.4, 0.5) is 14.0 Å². The van der Waals surface area contributed by atoms with Gasteiger partial charge in [-0.3, -0.25) is 24.0 Å². The summed E-state index contributed by atoms with van der Waals surface area (Å²) < 4.78 is 58.7. The number of hydrogen-bond acceptors (Lipinski definition) is 10. The second kappa shape index (κ2) is 16.5. The van der Waals surface area contributed by atoms with Crippen LogP contribution in [0.5, 0.6) is 0 Å². The van der Waals surface area contributed by atoms with Crippen molar-refractivity contribution in [2.24, 2.45) is 5.92 Å². The number of ether oxygens (including phenoxy) is 3. The summed E-state index contributed by atoms with van der Waals surface area (Å²) in [6.45, 7) is 10.8. The Morgan fingerprint density at radius 1 is 1.13 bits per heavy atom. The molecule has 296 valence electrons. The number of nitrogens with zero attached hydrogens (tertiary/aromatic N) is 2. The largest absolute Gasteiger partial charge is 0.444 e. The van der Waals surface area contributed by atoms with Crippen LogP contribution in [0.3, 0.4) is 0 Å². The molecule has 1 saturated heterocycles. The molecule has 5 atom stereocenters. The van der Waals surface area contributed by atoms with Crippen LogP contribution >= 0.6 is 0 Å². The summed E-state index contributed by atoms with van der Waals surface area (Å²) in [7, 11) is -3.95. The lowest BCUT2D eigenvalue weighted by molar-refractivity contribution is -0.141. The zero-order valence-corrected chi connectivity index (χ0v) is 31.9. The normalized spacial score (nSPS) is 24.1. The predicted octanol–water partition coefficient (Wildman–Crippen LogP) is 3.18. The van der Waals surface area contributed by atoms with E-state index in [-0.39, 0.29) is 52.1 Å². The van der Waals surface area contributed by atoms with Gasteiger partial charge in [0.15, 0.2) is 0 Å². The van der Waals surface area contributed by atoms with Gasteiger partial charge in [0.25, 0.3) is 5.91 Å². The van der Waals surface area contributed by atoms with Gasteiger partial charge in [-0.15, -0.1) is 6.58 Å². The van der Waals surface area contributed by atoms with Gasteiger partial charge in [-0.05, 0) is 58.1 Å². The third kappa shape index (κ3) is 9.77. The van der Waals surface area contributed by atoms with Crippen LogP contribution in [0.15, 0.2) is 43.0 Å². The number of carbonyl (C=O) groups excluding carboxylic acids is 5. The number of hydrogen-bond donors (Lipinski definition) is 3. The Hall–Kier alpha value is -4.51. The standard InChI is InChI=1S/C37H50FN5O10S/c1-6-8-9-16-51-17-15-29(39-34(47)53-36(3,4)5)32(45)43-21-25(52-35(48)42-20-23-11-10-12-28(38)27(23)22-42)18-30(43)31(44)40-37(19-24(37)7-2)33(46)41-54(49,50)26-13-14-26/h7-12,24-26,29-30H,2,6,13-22H2,1,3-5H3,(H,39,47)(H,40,44)(H,41,46)/b9-8+/t24?,25-,29+,30?,37-/m1/s1. The Balaban J connectivity index is 1.36. The predicted molar refractivity (Wildman–Crippen MR) is 193 cm³/mol. The van der Waals surface area contributed by atoms with E-state index in [1.165, 1.54) is 21.9 Å². The molecule has 2 heterocycles. The first-order valence-corrected chi connectivity index (χ1v) is 19.8. The molecule has 1 aromatic carbocycles. The molecule has 3 fully saturated rings. The minimum absolute atomic E-state index is 0.00512. The molecule has 2 aliphatic carbocycles. The van der Waals surface area contributed by atoms with E-state index in [4.69, 9.17) is 14.2 Å². The maximum Gasteiger partial charge on any atom is 0.410 e. The van der Waals surface area contributed by atoms with Gasteiger partial charge in [0.05, 0.1) is 24.9 Å². The van der Waals surface area contributed by atoms with Crippen molar-refractivity contribution in [2.75, 3.05) is 19.8 Å². The number of sulfonamides is 1. The van der Waals surface area contributed by atoms with E-state index in [0.717, 1.165) is 6.42 Å². The highest BCUT2D eigenvalue weighted by molar-refractivity contribution is 7.91. The molecule has 1 aromatic rings. The van der Waals surface area contributed by atoms with Gasteiger partial charge in [-0.25, -0.2) is 22.4 Å². The highest BCUT2D eigenvalue weighted by Crippen LogP contribution is 2.45. The number of amides is 5. The van der Waals surface area contributed by atoms with Gasteiger partial charge >= 0.3 is 12.2 Å². The average molecular weight is 776 g/mol. The van der Waals surface area contributed by atoms with E-state index in [2.05, 4.69) is 21.9 Å². The average Bonchev–Trinajstić information content (AvgIpc) is 3.99. The second-order valence-electron chi connectivity index (χ2n) is 15.1. The first-order chi connectivity index (χ1) is 25.5. The maximum absolute atomic E-state index is 14.4. The smallest absolute Gasteiger partial charge is 0.410 e. The van der Waals surface area contributed by atoms with Gasteiger partial charge in [0.1, 0.15) is 35.1 Å². The zero-order valence-electron chi connectivity index (χ0n) is 31.1. The molecule has 17 heteroatoms. The first kappa shape index (κ1) is 40.7. The van der Waals surface area contributed by atoms with Gasteiger partial charge < -0.3 is 29.7 Å². The molecule has 2 unspecified atom stereocenters. The lowest BCUT2D eigenvalue weighted by Crippen LogP contribution is -2.58. The van der Waals surface area contributed by atoms with Crippen molar-refractivity contribution in [3.8, 4) is 0 Å². The number of nitrogens with one attached hydrogen (secondary N) is 3. The SMILES string of the molecule is C=CC1C[C@]1(NC(=O)C1C[C@@H](OC(=O)N2Cc3cccc(F)c3C2)CN1C(=O)[C@H](CCOC/C=C/CC)NC(=O)OC(C)(C)C)C(=O)NS(=O)(=O)C1CC1. The van der Waals surface area contributed by atoms with Crippen molar-refractivity contribution in [1.82, 2.24) is 25.2 Å². The lowest BCUT2D eigenvalue weighted by atomic mass is 10.1. The number of rotatable bonds is 15. The Morgan fingerprint density at radius 2 is 1.87 bits per heavy atom. The van der Waals surface area contributed by atoms with Crippen molar-refractivity contribution in [2.45, 2.75) is 114 Å². The van der Waals surface area contributed by atoms with Crippen LogP contribution in [0, 0.1) is 11.7 Å². The van der Waals surface area contributed by atoms with Crippen molar-refractivity contribution >= 4 is 39.9 Å². The van der Waals surface area contributed by atoms with Crippen LogP contribution in [0.25, 0.3) is 0 Å². The molecule has 0 radical (unpaired) electrons. The van der Waals surface area contributed by atoms with E-state index in [1.54, 1.807) is 32.9 Å². The molecule has 2 saturated carbocycles. The van der Waals surface area contributed by atoms with Crippen LogP contribution in [0.1, 0.15) is 77.3 Å². The molecule has 2 aliphatic heterocycles. The van der Waals surface area contributed by atoms with Crippen molar-refractivity contribution in [3.05, 3.63) is 60.0 Å². The fourth-order valence-electron chi connectivity index (χ4n) is 6.62. The number of halogens is 1. The molecule has 0 aromatic heterocycles. The van der Waals surface area contributed by atoms with Gasteiger partial charge in [0, 0.05) is 37.5 Å². The summed E-state index contributed by atoms with van der Waals surface area (Å²) in [5.41, 5.74) is -1.53. The summed E-state index contributed by atoms with van der Waals surface area (Å²) in [6, 6.07) is 2.01. The Kier molecular flexibility index (Phi) is 12.4. The number of likely N-dealkylation sites (tertiary alicyclic amines) is 1. The number of fused-ring (bicyclic) bond motifs is 1. The number of carbonyl (C=O) groups is 5. The van der Waals surface area contributed by atoms with E-state index < -0.39 is 86.2 Å². The third-order valence-corrected chi connectivity index (χ3v) is 11.5. The minimum atomic E-state index is -3.95. The molecule has 0 bridgehead atoms. The minimum Gasteiger partial charge on any atom is -0.444 e. The fourth-order valence-corrected chi connectivity index (χ4v) is 7.98. The van der Waals surface area contributed by atoms with Crippen LogP contribution in [-0.4, -0.2) is 102 Å². The quantitative estimate of drug-likeness (QED) is 0.176. The highest BCUT2D eigenvalue weighted by atomic mass is 32.2. The molecule has 4 aliphatic rings. The van der Waals surface area contributed by atoms with Crippen molar-refractivity contribution in [3.63, 3.8) is 0 Å². The summed E-state index contributed by atoms with van der Waals surface area (Å²) in [5, 5.41) is 4.59. The van der Waals surface area contributed by atoms with Crippen molar-refractivity contribution < 1.29 is 51.0 Å². The van der Waals surface area contributed by atoms with Crippen LogP contribution in [0.2, 0.25) is 0 Å². The molecule has 54 heavy (non-hydrogen) atoms. The first-order valence-electron chi connectivity index (χ1n) is 18.2. The summed E-state index contributed by atoms with van der Waals surface area (Å²) in [5.74, 6) is -3.45. The zero-order chi connectivity index (χ0) is 39.4. The Morgan fingerprint density at radius 3 is 2.50 bits per heavy atom. The number of benzene rings is 1. The monoisotopic (exact) mass is 775 g/mol. The molecule has 3 N–H and O–H groups in total. The number of alkyl carbamates (subject to hydrolysis) is 1. The summed E-state index contributed by atoms with van der Waals surface area (Å²) in [6.07, 6.45) is 4.03. The Bertz CT molecular complexity index is 1780. The molecular weight excluding hydrogens is 725 g/mol. The lowest BCUT2D eigenvalue weighted by Gasteiger charge is -2.30. The summed E-state index contributed by atoms with van der Waals surface area (Å²) >= 11 is 0. The topological polar surface area (TPSA) is 190 Å². The molecular formula is C37H50FN5O10S. The van der Waals surface area contributed by atoms with E-state index >= 15 is 0 Å². The molecule has 15 nitrogen and oxygen atoms in total. The van der Waals surface area contributed by atoms with E-state index in [9.17, 15) is 36.8 Å². The molecule has 0 spiro atoms. The molecule has 5 amide bonds. The van der Waals surface area contributed by atoms with E-state index in [0.29, 0.717) is 24.0 Å². The Labute approximate surface area is 315 Å². The third-order valence-electron chi connectivity index (χ3n) is 9.71. The van der Waals surface area contributed by atoms with Gasteiger partial charge in [-0.2, -0.15) is 0 Å². The maximum atomic E-state index is 14.4. The van der Waals surface area contributed by atoms with Crippen LogP contribution in [-0.2, 0) is 51.7 Å². The van der Waals surface area contributed by atoms with E-state index in [1.807, 2.05) is 19.1 Å². The van der Waals surface area contributed by atoms with Crippen LogP contribution < -0.4 is 15.4 Å². The van der Waals surface area contributed by atoms with Crippen molar-refractivity contribution in [1.29, 1.82) is 0 Å². The fraction of sp³-hybridized carbons (Fsp3) is 0.595.